The highest BCUT2D eigenvalue weighted by Crippen LogP contribution is 2.39. The van der Waals surface area contributed by atoms with Gasteiger partial charge >= 0.3 is 0 Å². The third-order valence-electron chi connectivity index (χ3n) is 6.42. The highest BCUT2D eigenvalue weighted by atomic mass is 32.2. The topological polar surface area (TPSA) is 96.6 Å². The Hall–Kier alpha value is -1.48. The van der Waals surface area contributed by atoms with E-state index in [0.717, 1.165) is 38.5 Å². The van der Waals surface area contributed by atoms with Gasteiger partial charge in [0, 0.05) is 37.4 Å². The van der Waals surface area contributed by atoms with Gasteiger partial charge in [-0.25, -0.2) is 8.42 Å². The maximum atomic E-state index is 12.9. The minimum Gasteiger partial charge on any atom is -0.339 e. The summed E-state index contributed by atoms with van der Waals surface area (Å²) in [6.45, 7) is 3.32. The van der Waals surface area contributed by atoms with Gasteiger partial charge in [0.1, 0.15) is 0 Å². The minimum atomic E-state index is -3.37. The number of sulfonamides is 1. The normalized spacial score (nSPS) is 23.0. The molecular formula is C19H30N4O4S. The molecule has 156 valence electrons. The second-order valence-electron chi connectivity index (χ2n) is 8.93. The van der Waals surface area contributed by atoms with Gasteiger partial charge in [0.25, 0.3) is 0 Å². The summed E-state index contributed by atoms with van der Waals surface area (Å²) in [6, 6.07) is -0.166. The first-order valence-electron chi connectivity index (χ1n) is 10.3. The summed E-state index contributed by atoms with van der Waals surface area (Å²) in [6.07, 6.45) is 9.09. The maximum Gasteiger partial charge on any atom is 0.229 e. The first-order chi connectivity index (χ1) is 13.3. The smallest absolute Gasteiger partial charge is 0.229 e. The van der Waals surface area contributed by atoms with Gasteiger partial charge in [-0.2, -0.15) is 9.29 Å². The fourth-order valence-corrected chi connectivity index (χ4v) is 5.52. The molecule has 2 heterocycles. The van der Waals surface area contributed by atoms with E-state index < -0.39 is 10.0 Å². The van der Waals surface area contributed by atoms with Crippen LogP contribution in [0.5, 0.6) is 0 Å². The number of rotatable bonds is 7. The molecule has 0 aromatic carbocycles. The van der Waals surface area contributed by atoms with Gasteiger partial charge in [0.2, 0.25) is 21.8 Å². The van der Waals surface area contributed by atoms with Crippen molar-refractivity contribution >= 4 is 15.9 Å². The third kappa shape index (κ3) is 4.10. The largest absolute Gasteiger partial charge is 0.339 e. The van der Waals surface area contributed by atoms with Crippen LogP contribution in [0.25, 0.3) is 0 Å². The number of nitrogens with zero attached hydrogens (tertiary/aromatic N) is 4. The lowest BCUT2D eigenvalue weighted by Crippen LogP contribution is -2.64. The lowest BCUT2D eigenvalue weighted by molar-refractivity contribution is -0.149. The Balaban J connectivity index is 1.34. The van der Waals surface area contributed by atoms with Gasteiger partial charge in [0.15, 0.2) is 5.82 Å². The van der Waals surface area contributed by atoms with Crippen molar-refractivity contribution in [3.8, 4) is 0 Å². The van der Waals surface area contributed by atoms with Crippen LogP contribution in [0.3, 0.4) is 0 Å². The first-order valence-corrected chi connectivity index (χ1v) is 12.2. The van der Waals surface area contributed by atoms with Crippen molar-refractivity contribution in [1.82, 2.24) is 19.3 Å². The number of carbonyl (C=O) groups is 1. The Kier molecular flexibility index (Phi) is 5.24. The predicted molar refractivity (Wildman–Crippen MR) is 103 cm³/mol. The molecule has 2 aliphatic carbocycles. The van der Waals surface area contributed by atoms with Crippen LogP contribution in [0.4, 0.5) is 0 Å². The number of hydrogen-bond donors (Lipinski definition) is 0. The van der Waals surface area contributed by atoms with Gasteiger partial charge < -0.3 is 9.42 Å². The standard InChI is InChI=1S/C19H30N4O4S/c1-19(9-4-3-5-10-19)18(24)22-12-15(13-22)23(28(2,25)26)11-8-16-20-17(27-21-16)14-6-7-14/h14-15H,3-13H2,1-2H3. The number of amides is 1. The lowest BCUT2D eigenvalue weighted by atomic mass is 9.74. The van der Waals surface area contributed by atoms with Crippen LogP contribution >= 0.6 is 0 Å². The zero-order valence-electron chi connectivity index (χ0n) is 16.8. The van der Waals surface area contributed by atoms with E-state index in [2.05, 4.69) is 17.1 Å². The van der Waals surface area contributed by atoms with E-state index >= 15 is 0 Å². The molecule has 2 saturated carbocycles. The molecule has 0 N–H and O–H groups in total. The molecule has 28 heavy (non-hydrogen) atoms. The molecule has 1 aromatic rings. The summed E-state index contributed by atoms with van der Waals surface area (Å²) in [5, 5.41) is 3.98. The molecule has 3 fully saturated rings. The summed E-state index contributed by atoms with van der Waals surface area (Å²) in [5.41, 5.74) is -0.275. The zero-order chi connectivity index (χ0) is 19.9. The van der Waals surface area contributed by atoms with Gasteiger partial charge in [0.05, 0.1) is 12.3 Å². The summed E-state index contributed by atoms with van der Waals surface area (Å²) >= 11 is 0. The van der Waals surface area contributed by atoms with Crippen LogP contribution in [0.1, 0.15) is 69.5 Å². The maximum absolute atomic E-state index is 12.9. The molecule has 0 bridgehead atoms. The minimum absolute atomic E-state index is 0.166. The van der Waals surface area contributed by atoms with Crippen molar-refractivity contribution in [2.24, 2.45) is 5.41 Å². The summed E-state index contributed by atoms with van der Waals surface area (Å²) < 4.78 is 31.4. The van der Waals surface area contributed by atoms with Gasteiger partial charge in [-0.15, -0.1) is 0 Å². The number of carbonyl (C=O) groups excluding carboxylic acids is 1. The third-order valence-corrected chi connectivity index (χ3v) is 7.76. The second-order valence-corrected chi connectivity index (χ2v) is 10.9. The molecule has 0 unspecified atom stereocenters. The molecule has 1 aromatic heterocycles. The van der Waals surface area contributed by atoms with E-state index in [1.54, 1.807) is 0 Å². The van der Waals surface area contributed by atoms with Crippen LogP contribution in [0.15, 0.2) is 4.52 Å². The fourth-order valence-electron chi connectivity index (χ4n) is 4.43. The molecule has 3 aliphatic rings. The Morgan fingerprint density at radius 3 is 2.54 bits per heavy atom. The molecule has 1 saturated heterocycles. The van der Waals surface area contributed by atoms with E-state index in [0.29, 0.717) is 43.7 Å². The quantitative estimate of drug-likeness (QED) is 0.681. The highest BCUT2D eigenvalue weighted by molar-refractivity contribution is 7.88. The van der Waals surface area contributed by atoms with Crippen LogP contribution in [-0.2, 0) is 21.2 Å². The fraction of sp³-hybridized carbons (Fsp3) is 0.842. The van der Waals surface area contributed by atoms with E-state index in [4.69, 9.17) is 4.52 Å². The Labute approximate surface area is 166 Å². The van der Waals surface area contributed by atoms with Crippen molar-refractivity contribution in [2.75, 3.05) is 25.9 Å². The number of aromatic nitrogens is 2. The van der Waals surface area contributed by atoms with Crippen molar-refractivity contribution in [3.05, 3.63) is 11.7 Å². The van der Waals surface area contributed by atoms with Crippen molar-refractivity contribution in [2.45, 2.75) is 70.3 Å². The average Bonchev–Trinajstić information content (AvgIpc) is 3.34. The Morgan fingerprint density at radius 2 is 1.93 bits per heavy atom. The molecule has 1 amide bonds. The number of likely N-dealkylation sites (tertiary alicyclic amines) is 1. The molecule has 0 radical (unpaired) electrons. The van der Waals surface area contributed by atoms with Crippen LogP contribution in [0.2, 0.25) is 0 Å². The monoisotopic (exact) mass is 410 g/mol. The molecule has 0 spiro atoms. The second kappa shape index (κ2) is 7.40. The van der Waals surface area contributed by atoms with E-state index in [1.807, 2.05) is 4.90 Å². The SMILES string of the molecule is CC1(C(=O)N2CC(N(CCc3noc(C4CC4)n3)S(C)(=O)=O)C2)CCCCC1. The average molecular weight is 411 g/mol. The Bertz CT molecular complexity index is 821. The van der Waals surface area contributed by atoms with Crippen LogP contribution < -0.4 is 0 Å². The molecule has 0 atom stereocenters. The summed E-state index contributed by atoms with van der Waals surface area (Å²) in [4.78, 5) is 19.1. The predicted octanol–water partition coefficient (Wildman–Crippen LogP) is 1.93. The van der Waals surface area contributed by atoms with Crippen molar-refractivity contribution in [3.63, 3.8) is 0 Å². The Morgan fingerprint density at radius 1 is 1.25 bits per heavy atom. The van der Waals surface area contributed by atoms with E-state index in [-0.39, 0.29) is 17.4 Å². The van der Waals surface area contributed by atoms with Gasteiger partial charge in [-0.3, -0.25) is 4.79 Å². The van der Waals surface area contributed by atoms with Gasteiger partial charge in [-0.05, 0) is 25.7 Å². The lowest BCUT2D eigenvalue weighted by Gasteiger charge is -2.48. The van der Waals surface area contributed by atoms with Crippen LogP contribution in [0, 0.1) is 5.41 Å². The van der Waals surface area contributed by atoms with Gasteiger partial charge in [-0.1, -0.05) is 31.3 Å². The number of hydrogen-bond acceptors (Lipinski definition) is 6. The molecule has 4 rings (SSSR count). The van der Waals surface area contributed by atoms with Crippen LogP contribution in [-0.4, -0.2) is 65.6 Å². The molecule has 1 aliphatic heterocycles. The van der Waals surface area contributed by atoms with E-state index in [1.165, 1.54) is 17.0 Å². The highest BCUT2D eigenvalue weighted by Gasteiger charge is 2.45. The van der Waals surface area contributed by atoms with E-state index in [9.17, 15) is 13.2 Å². The molecule has 8 nitrogen and oxygen atoms in total. The molecular weight excluding hydrogens is 380 g/mol. The van der Waals surface area contributed by atoms with Crippen molar-refractivity contribution in [1.29, 1.82) is 0 Å². The summed E-state index contributed by atoms with van der Waals surface area (Å²) in [5.74, 6) is 1.79. The van der Waals surface area contributed by atoms with Crippen molar-refractivity contribution < 1.29 is 17.7 Å². The first kappa shape index (κ1) is 19.8. The zero-order valence-corrected chi connectivity index (χ0v) is 17.6. The molecule has 9 heteroatoms. The summed E-state index contributed by atoms with van der Waals surface area (Å²) in [7, 11) is -3.37.